The number of ether oxygens (including phenoxy) is 3. The second kappa shape index (κ2) is 9.78. The van der Waals surface area contributed by atoms with Gasteiger partial charge in [-0.15, -0.1) is 0 Å². The first-order valence-corrected chi connectivity index (χ1v) is 9.64. The molecule has 26 heavy (non-hydrogen) atoms. The first-order chi connectivity index (χ1) is 12.8. The van der Waals surface area contributed by atoms with Crippen LogP contribution in [0.2, 0.25) is 0 Å². The van der Waals surface area contributed by atoms with Crippen molar-refractivity contribution in [2.24, 2.45) is 0 Å². The van der Waals surface area contributed by atoms with Crippen LogP contribution in [0.3, 0.4) is 0 Å². The highest BCUT2D eigenvalue weighted by atomic mass is 16.5. The molecule has 0 atom stereocenters. The van der Waals surface area contributed by atoms with Crippen molar-refractivity contribution in [2.45, 2.75) is 25.7 Å². The second-order valence-corrected chi connectivity index (χ2v) is 6.92. The first kappa shape index (κ1) is 19.0. The third-order valence-electron chi connectivity index (χ3n) is 5.08. The van der Waals surface area contributed by atoms with E-state index in [-0.39, 0.29) is 12.5 Å². The molecule has 6 heteroatoms. The molecule has 2 aliphatic rings. The average molecular weight is 362 g/mol. The van der Waals surface area contributed by atoms with Gasteiger partial charge in [-0.3, -0.25) is 9.69 Å². The predicted molar refractivity (Wildman–Crippen MR) is 99.9 cm³/mol. The zero-order valence-corrected chi connectivity index (χ0v) is 15.7. The smallest absolute Gasteiger partial charge is 0.260 e. The van der Waals surface area contributed by atoms with Crippen LogP contribution in [0.4, 0.5) is 0 Å². The highest BCUT2D eigenvalue weighted by molar-refractivity contribution is 5.78. The van der Waals surface area contributed by atoms with Gasteiger partial charge in [-0.1, -0.05) is 6.07 Å². The summed E-state index contributed by atoms with van der Waals surface area (Å²) in [5.41, 5.74) is 1.23. The van der Waals surface area contributed by atoms with Crippen molar-refractivity contribution in [3.8, 4) is 11.5 Å². The fraction of sp³-hybridized carbons (Fsp3) is 0.650. The Balaban J connectivity index is 1.47. The summed E-state index contributed by atoms with van der Waals surface area (Å²) in [6.07, 6.45) is 4.29. The quantitative estimate of drug-likeness (QED) is 0.708. The first-order valence-electron chi connectivity index (χ1n) is 9.64. The minimum absolute atomic E-state index is 0.0548. The molecule has 144 valence electrons. The van der Waals surface area contributed by atoms with Crippen LogP contribution < -0.4 is 9.47 Å². The van der Waals surface area contributed by atoms with Gasteiger partial charge in [-0.25, -0.2) is 0 Å². The fourth-order valence-electron chi connectivity index (χ4n) is 3.52. The van der Waals surface area contributed by atoms with E-state index in [0.29, 0.717) is 11.5 Å². The van der Waals surface area contributed by atoms with Crippen molar-refractivity contribution in [2.75, 3.05) is 59.7 Å². The second-order valence-electron chi connectivity index (χ2n) is 6.92. The van der Waals surface area contributed by atoms with E-state index in [4.69, 9.17) is 14.2 Å². The van der Waals surface area contributed by atoms with E-state index >= 15 is 0 Å². The molecule has 0 saturated carbocycles. The van der Waals surface area contributed by atoms with Crippen molar-refractivity contribution in [3.05, 3.63) is 23.8 Å². The Kier molecular flexibility index (Phi) is 7.14. The van der Waals surface area contributed by atoms with Crippen molar-refractivity contribution >= 4 is 5.91 Å². The predicted octanol–water partition coefficient (Wildman–Crippen LogP) is 1.96. The lowest BCUT2D eigenvalue weighted by Gasteiger charge is -2.26. The van der Waals surface area contributed by atoms with E-state index in [0.717, 1.165) is 71.6 Å². The van der Waals surface area contributed by atoms with E-state index in [1.807, 2.05) is 17.0 Å². The minimum Gasteiger partial charge on any atom is -0.493 e. The highest BCUT2D eigenvalue weighted by Gasteiger charge is 2.19. The van der Waals surface area contributed by atoms with Gasteiger partial charge in [0.05, 0.1) is 20.3 Å². The van der Waals surface area contributed by atoms with Crippen molar-refractivity contribution in [1.82, 2.24) is 9.80 Å². The third-order valence-corrected chi connectivity index (χ3v) is 5.08. The van der Waals surface area contributed by atoms with Crippen LogP contribution in [0, 0.1) is 0 Å². The van der Waals surface area contributed by atoms with Crippen molar-refractivity contribution in [1.29, 1.82) is 0 Å². The summed E-state index contributed by atoms with van der Waals surface area (Å²) in [6, 6.07) is 6.01. The van der Waals surface area contributed by atoms with Crippen molar-refractivity contribution < 1.29 is 19.0 Å². The van der Waals surface area contributed by atoms with Gasteiger partial charge < -0.3 is 19.1 Å². The number of morpholine rings is 1. The molecule has 2 aliphatic heterocycles. The number of carbonyl (C=O) groups is 1. The number of aryl methyl sites for hydroxylation is 1. The summed E-state index contributed by atoms with van der Waals surface area (Å²) < 4.78 is 16.6. The molecular weight excluding hydrogens is 332 g/mol. The van der Waals surface area contributed by atoms with Crippen LogP contribution in [0.15, 0.2) is 18.2 Å². The standard InChI is InChI=1S/C20H30N2O4/c1-24-19-15-17(5-4-8-21-11-13-25-14-12-21)6-7-18(19)26-16-20(23)22-9-2-3-10-22/h6-7,15H,2-5,8-14,16H2,1H3. The average Bonchev–Trinajstić information content (AvgIpc) is 3.22. The Labute approximate surface area is 156 Å². The highest BCUT2D eigenvalue weighted by Crippen LogP contribution is 2.28. The topological polar surface area (TPSA) is 51.2 Å². The third kappa shape index (κ3) is 5.35. The molecule has 3 rings (SSSR count). The van der Waals surface area contributed by atoms with Gasteiger partial charge in [-0.2, -0.15) is 0 Å². The van der Waals surface area contributed by atoms with Crippen LogP contribution in [-0.2, 0) is 16.0 Å². The zero-order chi connectivity index (χ0) is 18.2. The summed E-state index contributed by atoms with van der Waals surface area (Å²) >= 11 is 0. The van der Waals surface area contributed by atoms with Crippen LogP contribution in [0.5, 0.6) is 11.5 Å². The Morgan fingerprint density at radius 2 is 1.88 bits per heavy atom. The molecule has 2 heterocycles. The van der Waals surface area contributed by atoms with Gasteiger partial charge in [0, 0.05) is 26.2 Å². The maximum Gasteiger partial charge on any atom is 0.260 e. The minimum atomic E-state index is 0.0548. The molecule has 0 spiro atoms. The van der Waals surface area contributed by atoms with E-state index < -0.39 is 0 Å². The molecule has 1 amide bonds. The van der Waals surface area contributed by atoms with Crippen LogP contribution >= 0.6 is 0 Å². The Morgan fingerprint density at radius 1 is 1.12 bits per heavy atom. The Hall–Kier alpha value is -1.79. The van der Waals surface area contributed by atoms with E-state index in [9.17, 15) is 4.79 Å². The van der Waals surface area contributed by atoms with Crippen molar-refractivity contribution in [3.63, 3.8) is 0 Å². The molecule has 6 nitrogen and oxygen atoms in total. The largest absolute Gasteiger partial charge is 0.493 e. The van der Waals surface area contributed by atoms with Gasteiger partial charge >= 0.3 is 0 Å². The van der Waals surface area contributed by atoms with Crippen LogP contribution in [0.25, 0.3) is 0 Å². The molecular formula is C20H30N2O4. The Morgan fingerprint density at radius 3 is 2.62 bits per heavy atom. The summed E-state index contributed by atoms with van der Waals surface area (Å²) in [5.74, 6) is 1.39. The molecule has 2 saturated heterocycles. The number of hydrogen-bond acceptors (Lipinski definition) is 5. The number of hydrogen-bond donors (Lipinski definition) is 0. The molecule has 0 aromatic heterocycles. The number of likely N-dealkylation sites (tertiary alicyclic amines) is 1. The lowest BCUT2D eigenvalue weighted by atomic mass is 10.1. The molecule has 0 unspecified atom stereocenters. The summed E-state index contributed by atoms with van der Waals surface area (Å²) in [7, 11) is 1.64. The number of amides is 1. The zero-order valence-electron chi connectivity index (χ0n) is 15.7. The van der Waals surface area contributed by atoms with Gasteiger partial charge in [-0.05, 0) is 49.9 Å². The summed E-state index contributed by atoms with van der Waals surface area (Å²) in [6.45, 7) is 6.61. The number of rotatable bonds is 8. The molecule has 1 aromatic carbocycles. The van der Waals surface area contributed by atoms with E-state index in [1.54, 1.807) is 7.11 Å². The molecule has 1 aromatic rings. The molecule has 0 bridgehead atoms. The molecule has 0 aliphatic carbocycles. The normalized spacial score (nSPS) is 18.1. The number of nitrogens with zero attached hydrogens (tertiary/aromatic N) is 2. The monoisotopic (exact) mass is 362 g/mol. The lowest BCUT2D eigenvalue weighted by molar-refractivity contribution is -0.132. The number of methoxy groups -OCH3 is 1. The maximum atomic E-state index is 12.1. The SMILES string of the molecule is COc1cc(CCCN2CCOCC2)ccc1OCC(=O)N1CCCC1. The van der Waals surface area contributed by atoms with Gasteiger partial charge in [0.15, 0.2) is 18.1 Å². The fourth-order valence-corrected chi connectivity index (χ4v) is 3.52. The van der Waals surface area contributed by atoms with Gasteiger partial charge in [0.2, 0.25) is 0 Å². The number of carbonyl (C=O) groups excluding carboxylic acids is 1. The molecule has 0 N–H and O–H groups in total. The van der Waals surface area contributed by atoms with Gasteiger partial charge in [0.25, 0.3) is 5.91 Å². The van der Waals surface area contributed by atoms with Crippen LogP contribution in [-0.4, -0.2) is 75.4 Å². The molecule has 2 fully saturated rings. The summed E-state index contributed by atoms with van der Waals surface area (Å²) in [4.78, 5) is 16.4. The van der Waals surface area contributed by atoms with E-state index in [1.165, 1.54) is 5.56 Å². The summed E-state index contributed by atoms with van der Waals surface area (Å²) in [5, 5.41) is 0. The maximum absolute atomic E-state index is 12.1. The van der Waals surface area contributed by atoms with Crippen LogP contribution in [0.1, 0.15) is 24.8 Å². The van der Waals surface area contributed by atoms with E-state index in [2.05, 4.69) is 11.0 Å². The Bertz CT molecular complexity index is 581. The number of benzene rings is 1. The lowest BCUT2D eigenvalue weighted by Crippen LogP contribution is -2.36. The molecule has 0 radical (unpaired) electrons. The van der Waals surface area contributed by atoms with Gasteiger partial charge in [0.1, 0.15) is 0 Å².